The van der Waals surface area contributed by atoms with Crippen LogP contribution in [-0.2, 0) is 0 Å². The van der Waals surface area contributed by atoms with Crippen molar-refractivity contribution in [3.05, 3.63) is 11.1 Å². The van der Waals surface area contributed by atoms with Gasteiger partial charge in [-0.3, -0.25) is 0 Å². The minimum absolute atomic E-state index is 0.409. The number of nitrogens with zero attached hydrogens (tertiary/aromatic N) is 3. The van der Waals surface area contributed by atoms with Crippen molar-refractivity contribution in [1.82, 2.24) is 9.88 Å². The molecule has 0 spiro atoms. The van der Waals surface area contributed by atoms with Crippen molar-refractivity contribution in [2.24, 2.45) is 5.92 Å². The van der Waals surface area contributed by atoms with Crippen molar-refractivity contribution in [2.75, 3.05) is 38.6 Å². The van der Waals surface area contributed by atoms with Crippen LogP contribution in [0.2, 0.25) is 0 Å². The van der Waals surface area contributed by atoms with E-state index in [0.29, 0.717) is 0 Å². The summed E-state index contributed by atoms with van der Waals surface area (Å²) in [5.41, 5.74) is 0. The molecule has 0 radical (unpaired) electrons. The second kappa shape index (κ2) is 5.99. The number of thiazole rings is 1. The molecular formula is C13H23N3OS. The molecule has 1 atom stereocenters. The molecule has 1 unspecified atom stereocenters. The third kappa shape index (κ3) is 3.43. The second-order valence-corrected chi connectivity index (χ2v) is 6.39. The average Bonchev–Trinajstić information content (AvgIpc) is 2.81. The Morgan fingerprint density at radius 1 is 1.56 bits per heavy atom. The maximum atomic E-state index is 9.52. The van der Waals surface area contributed by atoms with Crippen LogP contribution in [0.15, 0.2) is 6.20 Å². The van der Waals surface area contributed by atoms with E-state index < -0.39 is 6.10 Å². The Kier molecular flexibility index (Phi) is 4.59. The number of aliphatic hydroxyl groups excluding tert-OH is 1. The summed E-state index contributed by atoms with van der Waals surface area (Å²) in [6.07, 6.45) is 3.92. The summed E-state index contributed by atoms with van der Waals surface area (Å²) in [4.78, 5) is 9.96. The Morgan fingerprint density at radius 2 is 2.22 bits per heavy atom. The van der Waals surface area contributed by atoms with Crippen LogP contribution in [0.1, 0.15) is 30.7 Å². The fourth-order valence-electron chi connectivity index (χ4n) is 2.36. The van der Waals surface area contributed by atoms with Gasteiger partial charge in [-0.15, -0.1) is 0 Å². The van der Waals surface area contributed by atoms with Gasteiger partial charge in [-0.2, -0.15) is 0 Å². The zero-order valence-electron chi connectivity index (χ0n) is 11.5. The van der Waals surface area contributed by atoms with Gasteiger partial charge in [-0.05, 0) is 45.8 Å². The SMILES string of the molecule is CC(O)c1cnc(N(C)CC2CCN(C)CC2)s1. The van der Waals surface area contributed by atoms with E-state index in [1.165, 1.54) is 25.9 Å². The van der Waals surface area contributed by atoms with Crippen molar-refractivity contribution in [3.63, 3.8) is 0 Å². The van der Waals surface area contributed by atoms with Gasteiger partial charge in [0.1, 0.15) is 0 Å². The van der Waals surface area contributed by atoms with E-state index in [4.69, 9.17) is 0 Å². The van der Waals surface area contributed by atoms with Crippen molar-refractivity contribution in [3.8, 4) is 0 Å². The van der Waals surface area contributed by atoms with Gasteiger partial charge < -0.3 is 14.9 Å². The monoisotopic (exact) mass is 269 g/mol. The summed E-state index contributed by atoms with van der Waals surface area (Å²) in [6, 6.07) is 0. The molecule has 2 heterocycles. The molecule has 1 aliphatic heterocycles. The Morgan fingerprint density at radius 3 is 2.78 bits per heavy atom. The number of aromatic nitrogens is 1. The molecule has 1 aromatic rings. The Labute approximate surface area is 113 Å². The Balaban J connectivity index is 1.88. The fraction of sp³-hybridized carbons (Fsp3) is 0.769. The highest BCUT2D eigenvalue weighted by atomic mass is 32.1. The van der Waals surface area contributed by atoms with Crippen LogP contribution >= 0.6 is 11.3 Å². The lowest BCUT2D eigenvalue weighted by Crippen LogP contribution is -2.35. The van der Waals surface area contributed by atoms with E-state index in [-0.39, 0.29) is 0 Å². The summed E-state index contributed by atoms with van der Waals surface area (Å²) in [7, 11) is 4.29. The predicted molar refractivity (Wildman–Crippen MR) is 76.2 cm³/mol. The van der Waals surface area contributed by atoms with Crippen molar-refractivity contribution in [2.45, 2.75) is 25.9 Å². The largest absolute Gasteiger partial charge is 0.388 e. The zero-order chi connectivity index (χ0) is 13.1. The average molecular weight is 269 g/mol. The van der Waals surface area contributed by atoms with Gasteiger partial charge in [0.2, 0.25) is 0 Å². The van der Waals surface area contributed by atoms with E-state index in [1.807, 2.05) is 0 Å². The highest BCUT2D eigenvalue weighted by Gasteiger charge is 2.19. The molecule has 1 aromatic heterocycles. The number of hydrogen-bond donors (Lipinski definition) is 1. The summed E-state index contributed by atoms with van der Waals surface area (Å²) in [5, 5.41) is 10.5. The van der Waals surface area contributed by atoms with Gasteiger partial charge in [0.15, 0.2) is 5.13 Å². The third-order valence-electron chi connectivity index (χ3n) is 3.62. The van der Waals surface area contributed by atoms with E-state index in [9.17, 15) is 5.11 Å². The minimum Gasteiger partial charge on any atom is -0.388 e. The molecule has 1 fully saturated rings. The molecule has 1 saturated heterocycles. The molecule has 4 nitrogen and oxygen atoms in total. The standard InChI is InChI=1S/C13H23N3OS/c1-10(17)12-8-14-13(18-12)16(3)9-11-4-6-15(2)7-5-11/h8,10-11,17H,4-7,9H2,1-3H3. The highest BCUT2D eigenvalue weighted by molar-refractivity contribution is 7.15. The van der Waals surface area contributed by atoms with Gasteiger partial charge >= 0.3 is 0 Å². The lowest BCUT2D eigenvalue weighted by Gasteiger charge is -2.31. The number of hydrogen-bond acceptors (Lipinski definition) is 5. The Hall–Kier alpha value is -0.650. The lowest BCUT2D eigenvalue weighted by molar-refractivity contribution is 0.203. The van der Waals surface area contributed by atoms with Crippen molar-refractivity contribution in [1.29, 1.82) is 0 Å². The smallest absolute Gasteiger partial charge is 0.185 e. The Bertz CT molecular complexity index is 372. The van der Waals surface area contributed by atoms with Crippen LogP contribution in [0.25, 0.3) is 0 Å². The van der Waals surface area contributed by atoms with Gasteiger partial charge in [0.05, 0.1) is 11.0 Å². The molecule has 2 rings (SSSR count). The molecule has 0 aromatic carbocycles. The first-order valence-corrected chi connectivity index (χ1v) is 7.41. The van der Waals surface area contributed by atoms with Gasteiger partial charge in [0, 0.05) is 19.8 Å². The highest BCUT2D eigenvalue weighted by Crippen LogP contribution is 2.27. The van der Waals surface area contributed by atoms with Crippen molar-refractivity contribution < 1.29 is 5.11 Å². The van der Waals surface area contributed by atoms with E-state index in [1.54, 1.807) is 24.5 Å². The van der Waals surface area contributed by atoms with Crippen LogP contribution in [0, 0.1) is 5.92 Å². The number of rotatable bonds is 4. The number of aliphatic hydroxyl groups is 1. The first kappa shape index (κ1) is 13.8. The normalized spacial score (nSPS) is 20.0. The van der Waals surface area contributed by atoms with Crippen LogP contribution in [0.4, 0.5) is 5.13 Å². The van der Waals surface area contributed by atoms with E-state index >= 15 is 0 Å². The molecular weight excluding hydrogens is 246 g/mol. The summed E-state index contributed by atoms with van der Waals surface area (Å²) >= 11 is 1.59. The van der Waals surface area contributed by atoms with Gasteiger partial charge in [-0.1, -0.05) is 11.3 Å². The summed E-state index contributed by atoms with van der Waals surface area (Å²) < 4.78 is 0. The molecule has 102 valence electrons. The van der Waals surface area contributed by atoms with Gasteiger partial charge in [-0.25, -0.2) is 4.98 Å². The molecule has 0 aliphatic carbocycles. The topological polar surface area (TPSA) is 39.6 Å². The fourth-order valence-corrected chi connectivity index (χ4v) is 3.18. The molecule has 5 heteroatoms. The lowest BCUT2D eigenvalue weighted by atomic mass is 9.97. The maximum absolute atomic E-state index is 9.52. The molecule has 0 bridgehead atoms. The number of likely N-dealkylation sites (tertiary alicyclic amines) is 1. The summed E-state index contributed by atoms with van der Waals surface area (Å²) in [5.74, 6) is 0.769. The molecule has 0 saturated carbocycles. The van der Waals surface area contributed by atoms with Gasteiger partial charge in [0.25, 0.3) is 0 Å². The number of piperidine rings is 1. The van der Waals surface area contributed by atoms with Crippen LogP contribution < -0.4 is 4.90 Å². The predicted octanol–water partition coefficient (Wildman–Crippen LogP) is 1.97. The molecule has 0 amide bonds. The zero-order valence-corrected chi connectivity index (χ0v) is 12.3. The van der Waals surface area contributed by atoms with Crippen LogP contribution in [0.5, 0.6) is 0 Å². The van der Waals surface area contributed by atoms with Crippen LogP contribution in [0.3, 0.4) is 0 Å². The molecule has 1 aliphatic rings. The number of anilines is 1. The first-order chi connectivity index (χ1) is 8.56. The third-order valence-corrected chi connectivity index (χ3v) is 4.90. The quantitative estimate of drug-likeness (QED) is 0.907. The maximum Gasteiger partial charge on any atom is 0.185 e. The van der Waals surface area contributed by atoms with Crippen LogP contribution in [-0.4, -0.2) is 48.7 Å². The molecule has 1 N–H and O–H groups in total. The second-order valence-electron chi connectivity index (χ2n) is 5.35. The first-order valence-electron chi connectivity index (χ1n) is 6.59. The van der Waals surface area contributed by atoms with E-state index in [0.717, 1.165) is 22.5 Å². The minimum atomic E-state index is -0.409. The summed E-state index contributed by atoms with van der Waals surface area (Å²) in [6.45, 7) is 5.26. The molecule has 18 heavy (non-hydrogen) atoms. The van der Waals surface area contributed by atoms with E-state index in [2.05, 4.69) is 28.9 Å². The van der Waals surface area contributed by atoms with Crippen molar-refractivity contribution >= 4 is 16.5 Å².